The monoisotopic (exact) mass is 508 g/mol. The summed E-state index contributed by atoms with van der Waals surface area (Å²) in [6.45, 7) is 23.7. The molecule has 0 aliphatic carbocycles. The molecule has 4 nitrogen and oxygen atoms in total. The summed E-state index contributed by atoms with van der Waals surface area (Å²) in [4.78, 5) is 0. The van der Waals surface area contributed by atoms with Crippen molar-refractivity contribution in [2.45, 2.75) is 128 Å². The zero-order valence-corrected chi connectivity index (χ0v) is 25.6. The first-order valence-corrected chi connectivity index (χ1v) is 17.0. The summed E-state index contributed by atoms with van der Waals surface area (Å²) in [5, 5.41) is 0. The molecule has 0 aliphatic heterocycles. The Bertz CT molecular complexity index is 522. The Morgan fingerprint density at radius 3 is 1.21 bits per heavy atom. The number of hydrogen-bond donors (Lipinski definition) is 0. The highest BCUT2D eigenvalue weighted by molar-refractivity contribution is 6.66. The van der Waals surface area contributed by atoms with Crippen molar-refractivity contribution in [3.8, 4) is 0 Å². The van der Waals surface area contributed by atoms with E-state index in [1.807, 2.05) is 0 Å². The van der Waals surface area contributed by atoms with Crippen LogP contribution in [0.1, 0.15) is 102 Å². The van der Waals surface area contributed by atoms with Gasteiger partial charge in [0.15, 0.2) is 0 Å². The highest BCUT2D eigenvalue weighted by Crippen LogP contribution is 2.49. The van der Waals surface area contributed by atoms with Crippen LogP contribution in [0.4, 0.5) is 0 Å². The van der Waals surface area contributed by atoms with Gasteiger partial charge in [0.05, 0.1) is 0 Å². The van der Waals surface area contributed by atoms with Gasteiger partial charge in [-0.25, -0.2) is 0 Å². The largest absolute Gasteiger partial charge is 0.398 e. The summed E-state index contributed by atoms with van der Waals surface area (Å²) in [5.74, 6) is 0. The molecule has 0 unspecified atom stereocenters. The fraction of sp³-hybridized carbons (Fsp3) is 1.00. The first-order chi connectivity index (χ1) is 13.8. The van der Waals surface area contributed by atoms with Gasteiger partial charge in [-0.3, -0.25) is 0 Å². The van der Waals surface area contributed by atoms with Crippen LogP contribution in [-0.2, 0) is 17.7 Å². The van der Waals surface area contributed by atoms with Crippen molar-refractivity contribution in [3.63, 3.8) is 0 Å². The molecular weight excluding hydrogens is 444 g/mol. The zero-order chi connectivity index (χ0) is 24.8. The van der Waals surface area contributed by atoms with Crippen LogP contribution in [0, 0.1) is 21.7 Å². The Hall–Kier alpha value is 0.274. The van der Waals surface area contributed by atoms with Gasteiger partial charge in [-0.1, -0.05) is 76.7 Å². The third-order valence-electron chi connectivity index (χ3n) is 6.88. The van der Waals surface area contributed by atoms with Crippen molar-refractivity contribution >= 4 is 17.1 Å². The van der Waals surface area contributed by atoms with Crippen LogP contribution in [0.2, 0.25) is 25.2 Å². The predicted molar refractivity (Wildman–Crippen MR) is 153 cm³/mol. The Labute approximate surface area is 212 Å². The van der Waals surface area contributed by atoms with Crippen LogP contribution in [-0.4, -0.2) is 45.6 Å². The second kappa shape index (κ2) is 14.1. The molecule has 0 aromatic rings. The molecule has 0 saturated heterocycles. The minimum atomic E-state index is -2.08. The predicted octanol–water partition coefficient (Wildman–Crippen LogP) is 9.04. The number of rotatable bonds is 16. The second-order valence-corrected chi connectivity index (χ2v) is 20.3. The smallest absolute Gasteiger partial charge is 0.334 e. The van der Waals surface area contributed by atoms with Crippen molar-refractivity contribution < 1.29 is 17.7 Å². The van der Waals surface area contributed by atoms with E-state index in [2.05, 4.69) is 68.5 Å². The summed E-state index contributed by atoms with van der Waals surface area (Å²) >= 11 is 0. The van der Waals surface area contributed by atoms with Crippen LogP contribution < -0.4 is 0 Å². The molecule has 0 N–H and O–H groups in total. The van der Waals surface area contributed by atoms with E-state index in [1.165, 1.54) is 32.1 Å². The lowest BCUT2D eigenvalue weighted by Crippen LogP contribution is -2.42. The van der Waals surface area contributed by atoms with Crippen molar-refractivity contribution in [1.29, 1.82) is 0 Å². The Morgan fingerprint density at radius 2 is 0.848 bits per heavy atom. The Morgan fingerprint density at radius 1 is 0.515 bits per heavy atom. The zero-order valence-electron chi connectivity index (χ0n) is 23.6. The van der Waals surface area contributed by atoms with E-state index >= 15 is 0 Å². The van der Waals surface area contributed by atoms with Crippen LogP contribution >= 0.6 is 0 Å². The van der Waals surface area contributed by atoms with Crippen molar-refractivity contribution in [2.24, 2.45) is 21.7 Å². The van der Waals surface area contributed by atoms with Gasteiger partial charge in [0, 0.05) is 28.4 Å². The molecule has 0 atom stereocenters. The van der Waals surface area contributed by atoms with Gasteiger partial charge >= 0.3 is 17.1 Å². The molecule has 6 heteroatoms. The summed E-state index contributed by atoms with van der Waals surface area (Å²) in [7, 11) is 3.13. The fourth-order valence-corrected chi connectivity index (χ4v) is 10.1. The first-order valence-electron chi connectivity index (χ1n) is 12.0. The SMILES string of the molecule is C.C.CO[Si](C)(CCCC(C)(C)CC(C)(C)CC(C)(C)CC(C)(C)C[Si](C)(OC)OC)OC. The summed E-state index contributed by atoms with van der Waals surface area (Å²) in [5.41, 5.74) is 1.05. The van der Waals surface area contributed by atoms with Gasteiger partial charge in [-0.15, -0.1) is 0 Å². The van der Waals surface area contributed by atoms with E-state index < -0.39 is 17.1 Å². The average Bonchev–Trinajstić information content (AvgIpc) is 2.57. The minimum Gasteiger partial charge on any atom is -0.398 e. The molecule has 0 aromatic carbocycles. The molecule has 0 amide bonds. The molecule has 33 heavy (non-hydrogen) atoms. The van der Waals surface area contributed by atoms with E-state index in [4.69, 9.17) is 17.7 Å². The summed E-state index contributed by atoms with van der Waals surface area (Å²) < 4.78 is 22.9. The van der Waals surface area contributed by atoms with Crippen molar-refractivity contribution in [1.82, 2.24) is 0 Å². The van der Waals surface area contributed by atoms with Gasteiger partial charge in [0.2, 0.25) is 0 Å². The molecule has 0 aromatic heterocycles. The molecule has 0 rings (SSSR count). The lowest BCUT2D eigenvalue weighted by Gasteiger charge is -2.44. The van der Waals surface area contributed by atoms with Gasteiger partial charge < -0.3 is 17.7 Å². The molecule has 204 valence electrons. The van der Waals surface area contributed by atoms with E-state index in [0.717, 1.165) is 12.1 Å². The molecule has 0 radical (unpaired) electrons. The molecule has 0 fully saturated rings. The molecule has 0 saturated carbocycles. The number of hydrogen-bond acceptors (Lipinski definition) is 4. The van der Waals surface area contributed by atoms with Gasteiger partial charge in [0.1, 0.15) is 0 Å². The maximum atomic E-state index is 5.78. The highest BCUT2D eigenvalue weighted by Gasteiger charge is 2.41. The molecule has 0 heterocycles. The molecule has 0 aliphatic rings. The highest BCUT2D eigenvalue weighted by atomic mass is 28.4. The lowest BCUT2D eigenvalue weighted by atomic mass is 9.63. The maximum absolute atomic E-state index is 5.78. The minimum absolute atomic E-state index is 0. The third-order valence-corrected chi connectivity index (χ3v) is 13.2. The molecular formula is C27H64O4Si2. The van der Waals surface area contributed by atoms with Gasteiger partial charge in [-0.2, -0.15) is 0 Å². The maximum Gasteiger partial charge on any atom is 0.334 e. The van der Waals surface area contributed by atoms with Crippen LogP contribution in [0.15, 0.2) is 0 Å². The van der Waals surface area contributed by atoms with E-state index in [0.29, 0.717) is 5.41 Å². The van der Waals surface area contributed by atoms with Crippen LogP contribution in [0.5, 0.6) is 0 Å². The van der Waals surface area contributed by atoms with Crippen molar-refractivity contribution in [2.75, 3.05) is 28.4 Å². The standard InChI is InChI=1S/C25H56O4Si2.2CH4/c1-22(2,16-15-17-30(13,26-9)27-10)18-23(3,4)19-24(5,6)20-25(7,8)21-31(14,28-11)29-12;;/h15-21H2,1-14H3;2*1H4. The molecule has 0 bridgehead atoms. The van der Waals surface area contributed by atoms with E-state index in [1.54, 1.807) is 28.4 Å². The lowest BCUT2D eigenvalue weighted by molar-refractivity contribution is 0.0870. The Balaban J connectivity index is -0.00000450. The summed E-state index contributed by atoms with van der Waals surface area (Å²) in [6.07, 6.45) is 5.99. The fourth-order valence-electron chi connectivity index (χ4n) is 6.43. The van der Waals surface area contributed by atoms with Crippen LogP contribution in [0.25, 0.3) is 0 Å². The quantitative estimate of drug-likeness (QED) is 0.195. The van der Waals surface area contributed by atoms with E-state index in [9.17, 15) is 0 Å². The Kier molecular flexibility index (Phi) is 16.2. The van der Waals surface area contributed by atoms with Gasteiger partial charge in [0.25, 0.3) is 0 Å². The average molecular weight is 509 g/mol. The topological polar surface area (TPSA) is 36.9 Å². The normalized spacial score (nSPS) is 14.0. The van der Waals surface area contributed by atoms with Gasteiger partial charge in [-0.05, 0) is 72.5 Å². The third kappa shape index (κ3) is 15.1. The van der Waals surface area contributed by atoms with Crippen molar-refractivity contribution in [3.05, 3.63) is 0 Å². The second-order valence-electron chi connectivity index (χ2n) is 13.3. The first kappa shape index (κ1) is 37.8. The summed E-state index contributed by atoms with van der Waals surface area (Å²) in [6, 6.07) is 2.08. The van der Waals surface area contributed by atoms with E-state index in [-0.39, 0.29) is 31.1 Å². The van der Waals surface area contributed by atoms with Crippen LogP contribution in [0.3, 0.4) is 0 Å². The molecule has 0 spiro atoms.